The maximum Gasteiger partial charge on any atom is 0.417 e. The molecular weight excluding hydrogens is 306 g/mol. The van der Waals surface area contributed by atoms with Gasteiger partial charge in [0, 0.05) is 0 Å². The molecule has 0 aliphatic carbocycles. The molecule has 0 aromatic heterocycles. The minimum Gasteiger partial charge on any atom is -0.447 e. The van der Waals surface area contributed by atoms with Crippen LogP contribution in [0.5, 0.6) is 0 Å². The van der Waals surface area contributed by atoms with E-state index < -0.39 is 12.2 Å². The highest BCUT2D eigenvalue weighted by molar-refractivity contribution is 5.99. The van der Waals surface area contributed by atoms with Crippen LogP contribution in [-0.2, 0) is 9.53 Å². The number of carbonyl (C=O) groups excluding carboxylic acids is 2. The number of amides is 2. The molecule has 2 amide bonds. The summed E-state index contributed by atoms with van der Waals surface area (Å²) in [6, 6.07) is -0.260. The van der Waals surface area contributed by atoms with E-state index in [0.717, 1.165) is 0 Å². The molecule has 4 atom stereocenters. The van der Waals surface area contributed by atoms with Crippen molar-refractivity contribution in [1.29, 1.82) is 0 Å². The molecule has 1 N–H and O–H groups in total. The quantitative estimate of drug-likeness (QED) is 0.570. The van der Waals surface area contributed by atoms with Crippen LogP contribution in [0, 0.1) is 17.3 Å². The van der Waals surface area contributed by atoms with Gasteiger partial charge in [0.25, 0.3) is 5.91 Å². The fourth-order valence-electron chi connectivity index (χ4n) is 2.74. The first-order valence-electron chi connectivity index (χ1n) is 8.55. The third kappa shape index (κ3) is 5.48. The normalized spacial score (nSPS) is 22.3. The lowest BCUT2D eigenvalue weighted by Crippen LogP contribution is -2.45. The third-order valence-electron chi connectivity index (χ3n) is 4.63. The van der Waals surface area contributed by atoms with Crippen molar-refractivity contribution in [3.05, 3.63) is 24.8 Å². The number of allylic oxidation sites excluding steroid dienone is 1. The van der Waals surface area contributed by atoms with Gasteiger partial charge in [-0.05, 0) is 36.2 Å². The van der Waals surface area contributed by atoms with E-state index in [4.69, 9.17) is 4.74 Å². The van der Waals surface area contributed by atoms with Crippen LogP contribution in [0.25, 0.3) is 0 Å². The van der Waals surface area contributed by atoms with Crippen molar-refractivity contribution in [2.45, 2.75) is 59.6 Å². The van der Waals surface area contributed by atoms with Crippen LogP contribution >= 0.6 is 0 Å². The fourth-order valence-corrected chi connectivity index (χ4v) is 2.74. The fraction of sp³-hybridized carbons (Fsp3) is 0.684. The van der Waals surface area contributed by atoms with E-state index >= 15 is 0 Å². The molecule has 0 radical (unpaired) electrons. The molecule has 136 valence electrons. The minimum atomic E-state index is -0.577. The molecule has 1 heterocycles. The number of imide groups is 1. The van der Waals surface area contributed by atoms with Crippen LogP contribution in [0.4, 0.5) is 4.79 Å². The Balaban J connectivity index is 2.69. The van der Waals surface area contributed by atoms with E-state index in [1.165, 1.54) is 11.0 Å². The van der Waals surface area contributed by atoms with Gasteiger partial charge in [0.2, 0.25) is 0 Å². The summed E-state index contributed by atoms with van der Waals surface area (Å²) in [4.78, 5) is 25.5. The Bertz CT molecular complexity index is 492. The Kier molecular flexibility index (Phi) is 7.21. The van der Waals surface area contributed by atoms with Gasteiger partial charge in [0.15, 0.2) is 0 Å². The van der Waals surface area contributed by atoms with Crippen molar-refractivity contribution in [2.75, 3.05) is 6.61 Å². The van der Waals surface area contributed by atoms with Gasteiger partial charge >= 0.3 is 6.09 Å². The van der Waals surface area contributed by atoms with E-state index in [2.05, 4.69) is 6.58 Å². The minimum absolute atomic E-state index is 0.111. The number of hydrogen-bond donors (Lipinski definition) is 1. The molecule has 0 unspecified atom stereocenters. The number of aliphatic hydroxyl groups is 1. The second-order valence-electron chi connectivity index (χ2n) is 7.78. The lowest BCUT2D eigenvalue weighted by molar-refractivity contribution is -0.125. The first-order chi connectivity index (χ1) is 11.1. The van der Waals surface area contributed by atoms with Gasteiger partial charge in [-0.25, -0.2) is 9.69 Å². The summed E-state index contributed by atoms with van der Waals surface area (Å²) < 4.78 is 5.05. The summed E-state index contributed by atoms with van der Waals surface area (Å²) in [5, 5.41) is 9.85. The summed E-state index contributed by atoms with van der Waals surface area (Å²) in [6.45, 7) is 13.8. The molecule has 0 aromatic rings. The van der Waals surface area contributed by atoms with E-state index in [1.807, 2.05) is 34.6 Å². The number of aliphatic hydroxyl groups excluding tert-OH is 1. The molecule has 1 aliphatic heterocycles. The number of ether oxygens (including phenoxy) is 1. The first-order valence-corrected chi connectivity index (χ1v) is 8.55. The van der Waals surface area contributed by atoms with Crippen LogP contribution in [0.15, 0.2) is 24.8 Å². The van der Waals surface area contributed by atoms with Gasteiger partial charge in [0.05, 0.1) is 12.1 Å². The van der Waals surface area contributed by atoms with Crippen LogP contribution in [0.2, 0.25) is 0 Å². The number of nitrogens with zero attached hydrogens (tertiary/aromatic N) is 1. The smallest absolute Gasteiger partial charge is 0.417 e. The Morgan fingerprint density at radius 1 is 1.46 bits per heavy atom. The van der Waals surface area contributed by atoms with E-state index in [9.17, 15) is 14.7 Å². The number of cyclic esters (lactones) is 1. The Morgan fingerprint density at radius 3 is 2.62 bits per heavy atom. The van der Waals surface area contributed by atoms with Crippen LogP contribution in [0.3, 0.4) is 0 Å². The highest BCUT2D eigenvalue weighted by Gasteiger charge is 2.43. The van der Waals surface area contributed by atoms with Gasteiger partial charge in [0.1, 0.15) is 6.61 Å². The van der Waals surface area contributed by atoms with Crippen molar-refractivity contribution < 1.29 is 19.4 Å². The van der Waals surface area contributed by atoms with Crippen molar-refractivity contribution in [3.63, 3.8) is 0 Å². The topological polar surface area (TPSA) is 66.8 Å². The Hall–Kier alpha value is -1.62. The number of rotatable bonds is 7. The molecule has 0 saturated carbocycles. The molecule has 1 rings (SSSR count). The number of hydrogen-bond acceptors (Lipinski definition) is 4. The summed E-state index contributed by atoms with van der Waals surface area (Å²) >= 11 is 0. The molecule has 5 nitrogen and oxygen atoms in total. The average Bonchev–Trinajstić information content (AvgIpc) is 2.86. The van der Waals surface area contributed by atoms with Gasteiger partial charge in [-0.1, -0.05) is 46.8 Å². The van der Waals surface area contributed by atoms with Gasteiger partial charge < -0.3 is 9.84 Å². The maximum atomic E-state index is 12.4. The number of carbonyl (C=O) groups is 2. The van der Waals surface area contributed by atoms with E-state index in [-0.39, 0.29) is 35.8 Å². The highest BCUT2D eigenvalue weighted by Crippen LogP contribution is 2.29. The lowest BCUT2D eigenvalue weighted by Gasteiger charge is -2.30. The van der Waals surface area contributed by atoms with Crippen molar-refractivity contribution in [3.8, 4) is 0 Å². The van der Waals surface area contributed by atoms with E-state index in [0.29, 0.717) is 12.8 Å². The maximum absolute atomic E-state index is 12.4. The highest BCUT2D eigenvalue weighted by atomic mass is 16.6. The monoisotopic (exact) mass is 337 g/mol. The predicted octanol–water partition coefficient (Wildman–Crippen LogP) is 3.54. The molecule has 0 bridgehead atoms. The molecule has 1 saturated heterocycles. The Labute approximate surface area is 145 Å². The molecule has 1 aliphatic rings. The van der Waals surface area contributed by atoms with Gasteiger partial charge in [-0.3, -0.25) is 4.79 Å². The third-order valence-corrected chi connectivity index (χ3v) is 4.63. The Morgan fingerprint density at radius 2 is 2.08 bits per heavy atom. The molecule has 0 aromatic carbocycles. The zero-order valence-electron chi connectivity index (χ0n) is 15.5. The van der Waals surface area contributed by atoms with Gasteiger partial charge in [-0.2, -0.15) is 0 Å². The molecule has 1 fully saturated rings. The van der Waals surface area contributed by atoms with Crippen molar-refractivity contribution in [1.82, 2.24) is 4.90 Å². The van der Waals surface area contributed by atoms with Crippen molar-refractivity contribution in [2.24, 2.45) is 17.3 Å². The van der Waals surface area contributed by atoms with Crippen LogP contribution < -0.4 is 0 Å². The van der Waals surface area contributed by atoms with Crippen LogP contribution in [0.1, 0.15) is 47.5 Å². The summed E-state index contributed by atoms with van der Waals surface area (Å²) in [6.07, 6.45) is 5.17. The first kappa shape index (κ1) is 20.4. The SMILES string of the molecule is C=CC[C@H](O)C[C@@H](C)[C@H](C)/C=C/C(=O)N1C(=O)OC[C@@H]1C(C)(C)C. The molecule has 5 heteroatoms. The zero-order chi connectivity index (χ0) is 18.5. The van der Waals surface area contributed by atoms with Crippen molar-refractivity contribution >= 4 is 12.0 Å². The molecule has 0 spiro atoms. The standard InChI is InChI=1S/C19H31NO4/c1-7-8-15(21)11-14(3)13(2)9-10-17(22)20-16(19(4,5)6)12-24-18(20)23/h7,9-10,13-16,21H,1,8,11-12H2,2-6H3/b10-9+/t13-,14-,15+,16-/m1/s1. The lowest BCUT2D eigenvalue weighted by atomic mass is 9.86. The summed E-state index contributed by atoms with van der Waals surface area (Å²) in [7, 11) is 0. The predicted molar refractivity (Wildman–Crippen MR) is 94.3 cm³/mol. The van der Waals surface area contributed by atoms with Crippen LogP contribution in [-0.4, -0.2) is 40.8 Å². The van der Waals surface area contributed by atoms with E-state index in [1.54, 1.807) is 12.2 Å². The molecular formula is C19H31NO4. The second kappa shape index (κ2) is 8.47. The van der Waals surface area contributed by atoms with Gasteiger partial charge in [-0.15, -0.1) is 6.58 Å². The average molecular weight is 337 g/mol. The zero-order valence-corrected chi connectivity index (χ0v) is 15.5. The second-order valence-corrected chi connectivity index (χ2v) is 7.78. The summed E-state index contributed by atoms with van der Waals surface area (Å²) in [5.41, 5.74) is -0.233. The summed E-state index contributed by atoms with van der Waals surface area (Å²) in [5.74, 6) is -0.0174. The largest absolute Gasteiger partial charge is 0.447 e. The molecule has 24 heavy (non-hydrogen) atoms.